The first-order valence-electron chi connectivity index (χ1n) is 7.60. The van der Waals surface area contributed by atoms with E-state index >= 15 is 0 Å². The van der Waals surface area contributed by atoms with Gasteiger partial charge in [-0.15, -0.1) is 0 Å². The summed E-state index contributed by atoms with van der Waals surface area (Å²) in [6, 6.07) is 0. The van der Waals surface area contributed by atoms with Gasteiger partial charge in [0.25, 0.3) is 0 Å². The summed E-state index contributed by atoms with van der Waals surface area (Å²) in [5, 5.41) is 20.3. The molecule has 1 aliphatic rings. The fourth-order valence-electron chi connectivity index (χ4n) is 3.33. The van der Waals surface area contributed by atoms with Crippen LogP contribution >= 0.6 is 0 Å². The molecule has 2 aromatic rings. The molecule has 0 aliphatic carbocycles. The number of β-amino-alcohol motifs (C(OH)–C–C–N with tert-alkyl or cyclic N) is 1. The Balaban J connectivity index is 1.90. The highest BCUT2D eigenvalue weighted by atomic mass is 16.3. The average molecular weight is 306 g/mol. The number of nitrogens with one attached hydrogen (secondary N) is 1. The summed E-state index contributed by atoms with van der Waals surface area (Å²) in [5.41, 5.74) is 6.56. The smallest absolute Gasteiger partial charge is 0.224 e. The first-order valence-corrected chi connectivity index (χ1v) is 7.60. The predicted octanol–water partition coefficient (Wildman–Crippen LogP) is 0.285. The summed E-state index contributed by atoms with van der Waals surface area (Å²) in [7, 11) is 0. The van der Waals surface area contributed by atoms with Gasteiger partial charge in [-0.25, -0.2) is 4.98 Å². The van der Waals surface area contributed by atoms with E-state index in [0.29, 0.717) is 36.5 Å². The lowest BCUT2D eigenvalue weighted by atomic mass is 9.73. The van der Waals surface area contributed by atoms with Gasteiger partial charge in [0.1, 0.15) is 5.52 Å². The zero-order valence-corrected chi connectivity index (χ0v) is 12.7. The van der Waals surface area contributed by atoms with E-state index in [2.05, 4.69) is 26.9 Å². The van der Waals surface area contributed by atoms with Gasteiger partial charge in [0.2, 0.25) is 5.95 Å². The summed E-state index contributed by atoms with van der Waals surface area (Å²) in [6.45, 7) is 3.17. The molecular weight excluding hydrogens is 284 g/mol. The topological polar surface area (TPSA) is 124 Å². The highest BCUT2D eigenvalue weighted by Gasteiger charge is 2.41. The molecule has 0 amide bonds. The van der Waals surface area contributed by atoms with Gasteiger partial charge < -0.3 is 25.8 Å². The number of rotatable bonds is 4. The Morgan fingerprint density at radius 1 is 1.50 bits per heavy atom. The maximum Gasteiger partial charge on any atom is 0.224 e. The molecule has 0 radical (unpaired) electrons. The van der Waals surface area contributed by atoms with Crippen molar-refractivity contribution in [3.63, 3.8) is 0 Å². The predicted molar refractivity (Wildman–Crippen MR) is 83.4 cm³/mol. The van der Waals surface area contributed by atoms with Crippen LogP contribution in [0.4, 0.5) is 11.8 Å². The third-order valence-electron chi connectivity index (χ3n) is 4.63. The number of nitrogens with zero attached hydrogens (tertiary/aromatic N) is 4. The fraction of sp³-hybridized carbons (Fsp3) is 0.643. The van der Waals surface area contributed by atoms with Crippen molar-refractivity contribution in [3.8, 4) is 0 Å². The zero-order chi connectivity index (χ0) is 15.7. The van der Waals surface area contributed by atoms with Crippen LogP contribution in [0.5, 0.6) is 0 Å². The molecule has 0 bridgehead atoms. The van der Waals surface area contributed by atoms with Crippen molar-refractivity contribution in [2.45, 2.75) is 32.3 Å². The van der Waals surface area contributed by atoms with Crippen LogP contribution in [0.2, 0.25) is 0 Å². The van der Waals surface area contributed by atoms with Crippen molar-refractivity contribution in [2.24, 2.45) is 5.41 Å². The number of nitrogens with two attached hydrogens (primary N) is 1. The molecule has 1 saturated heterocycles. The third-order valence-corrected chi connectivity index (χ3v) is 4.63. The molecule has 2 aromatic heterocycles. The Morgan fingerprint density at radius 2 is 2.32 bits per heavy atom. The first kappa shape index (κ1) is 15.0. The van der Waals surface area contributed by atoms with E-state index in [9.17, 15) is 10.2 Å². The Bertz CT molecular complexity index is 660. The standard InChI is InChI=1S/C14H22N6O2/c1-2-3-14(7-21)4-5-20(6-9(14)22)12-10-11(17-8-16-10)18-13(15)19-12/h8-9,21-22H,2-7H2,1H3,(H3,15,16,17,18,19)/t9-,14-/m1/s1. The number of piperidine rings is 1. The second kappa shape index (κ2) is 5.69. The van der Waals surface area contributed by atoms with Crippen LogP contribution in [0.3, 0.4) is 0 Å². The molecule has 0 unspecified atom stereocenters. The molecule has 8 nitrogen and oxygen atoms in total. The number of imidazole rings is 1. The number of hydrogen-bond donors (Lipinski definition) is 4. The number of H-pyrrole nitrogens is 1. The molecule has 0 spiro atoms. The summed E-state index contributed by atoms with van der Waals surface area (Å²) >= 11 is 0. The van der Waals surface area contributed by atoms with Gasteiger partial charge in [-0.1, -0.05) is 13.3 Å². The molecule has 22 heavy (non-hydrogen) atoms. The maximum atomic E-state index is 10.6. The Hall–Kier alpha value is -1.93. The number of aliphatic hydroxyl groups excluding tert-OH is 2. The van der Waals surface area contributed by atoms with Crippen LogP contribution < -0.4 is 10.6 Å². The van der Waals surface area contributed by atoms with E-state index in [0.717, 1.165) is 12.8 Å². The summed E-state index contributed by atoms with van der Waals surface area (Å²) in [6.07, 6.45) is 3.39. The Morgan fingerprint density at radius 3 is 3.00 bits per heavy atom. The van der Waals surface area contributed by atoms with Crippen LogP contribution in [-0.4, -0.2) is 55.9 Å². The van der Waals surface area contributed by atoms with Crippen LogP contribution in [-0.2, 0) is 0 Å². The second-order valence-electron chi connectivity index (χ2n) is 5.99. The second-order valence-corrected chi connectivity index (χ2v) is 5.99. The van der Waals surface area contributed by atoms with E-state index in [1.54, 1.807) is 6.33 Å². The maximum absolute atomic E-state index is 10.6. The van der Waals surface area contributed by atoms with E-state index in [4.69, 9.17) is 5.73 Å². The van der Waals surface area contributed by atoms with Gasteiger partial charge in [-0.2, -0.15) is 9.97 Å². The van der Waals surface area contributed by atoms with Gasteiger partial charge in [-0.05, 0) is 12.8 Å². The number of nitrogen functional groups attached to an aromatic ring is 1. The van der Waals surface area contributed by atoms with Gasteiger partial charge in [-0.3, -0.25) is 0 Å². The van der Waals surface area contributed by atoms with E-state index in [1.807, 2.05) is 4.90 Å². The minimum absolute atomic E-state index is 0.00122. The molecule has 1 fully saturated rings. The summed E-state index contributed by atoms with van der Waals surface area (Å²) in [5.74, 6) is 0.818. The highest BCUT2D eigenvalue weighted by Crippen LogP contribution is 2.38. The molecule has 2 atom stereocenters. The van der Waals surface area contributed by atoms with Crippen LogP contribution in [0.1, 0.15) is 26.2 Å². The minimum Gasteiger partial charge on any atom is -0.396 e. The Labute approximate surface area is 128 Å². The third kappa shape index (κ3) is 2.38. The van der Waals surface area contributed by atoms with Gasteiger partial charge >= 0.3 is 0 Å². The molecule has 1 aliphatic heterocycles. The highest BCUT2D eigenvalue weighted by molar-refractivity contribution is 5.84. The van der Waals surface area contributed by atoms with E-state index in [-0.39, 0.29) is 12.6 Å². The van der Waals surface area contributed by atoms with Crippen molar-refractivity contribution in [3.05, 3.63) is 6.33 Å². The van der Waals surface area contributed by atoms with Crippen LogP contribution in [0, 0.1) is 5.41 Å². The van der Waals surface area contributed by atoms with E-state index in [1.165, 1.54) is 0 Å². The quantitative estimate of drug-likeness (QED) is 0.639. The minimum atomic E-state index is -0.611. The molecule has 0 aromatic carbocycles. The average Bonchev–Trinajstić information content (AvgIpc) is 2.97. The summed E-state index contributed by atoms with van der Waals surface area (Å²) < 4.78 is 0. The zero-order valence-electron chi connectivity index (χ0n) is 12.7. The lowest BCUT2D eigenvalue weighted by molar-refractivity contribution is -0.0371. The molecule has 120 valence electrons. The van der Waals surface area contributed by atoms with Crippen molar-refractivity contribution >= 4 is 22.9 Å². The number of fused-ring (bicyclic) bond motifs is 1. The number of aromatic amines is 1. The molecule has 8 heteroatoms. The first-order chi connectivity index (χ1) is 10.6. The largest absolute Gasteiger partial charge is 0.396 e. The SMILES string of the molecule is CCC[C@]1(CO)CCN(c2nc(N)nc3nc[nH]c23)C[C@H]1O. The number of hydrogen-bond acceptors (Lipinski definition) is 7. The monoisotopic (exact) mass is 306 g/mol. The molecule has 3 heterocycles. The fourth-order valence-corrected chi connectivity index (χ4v) is 3.33. The summed E-state index contributed by atoms with van der Waals surface area (Å²) in [4.78, 5) is 17.5. The Kier molecular flexibility index (Phi) is 3.88. The normalized spacial score (nSPS) is 25.8. The van der Waals surface area contributed by atoms with Crippen molar-refractivity contribution in [2.75, 3.05) is 30.3 Å². The molecule has 3 rings (SSSR count). The molecule has 5 N–H and O–H groups in total. The van der Waals surface area contributed by atoms with Crippen molar-refractivity contribution in [1.29, 1.82) is 0 Å². The van der Waals surface area contributed by atoms with Gasteiger partial charge in [0.05, 0.1) is 19.0 Å². The van der Waals surface area contributed by atoms with Crippen LogP contribution in [0.15, 0.2) is 6.33 Å². The number of aliphatic hydroxyl groups is 2. The van der Waals surface area contributed by atoms with Crippen molar-refractivity contribution < 1.29 is 10.2 Å². The van der Waals surface area contributed by atoms with E-state index < -0.39 is 11.5 Å². The number of aromatic nitrogens is 4. The van der Waals surface area contributed by atoms with Gasteiger partial charge in [0.15, 0.2) is 11.5 Å². The van der Waals surface area contributed by atoms with Crippen molar-refractivity contribution in [1.82, 2.24) is 19.9 Å². The lowest BCUT2D eigenvalue weighted by Gasteiger charge is -2.45. The van der Waals surface area contributed by atoms with Gasteiger partial charge in [0, 0.05) is 18.5 Å². The number of anilines is 2. The molecule has 0 saturated carbocycles. The molecular formula is C14H22N6O2. The van der Waals surface area contributed by atoms with Crippen LogP contribution in [0.25, 0.3) is 11.2 Å². The lowest BCUT2D eigenvalue weighted by Crippen LogP contribution is -2.53.